The Morgan fingerprint density at radius 3 is 2.74 bits per heavy atom. The predicted octanol–water partition coefficient (Wildman–Crippen LogP) is -1.40. The first kappa shape index (κ1) is 17.4. The van der Waals surface area contributed by atoms with Gasteiger partial charge >= 0.3 is 0 Å². The van der Waals surface area contributed by atoms with Gasteiger partial charge in [0.25, 0.3) is 5.91 Å². The van der Waals surface area contributed by atoms with Gasteiger partial charge in [-0.05, 0) is 19.9 Å². The SMILES string of the molecule is CC1NCCN(C(=O)CNS(=O)(=O)c2c[nH]c(C(N)=O)c2)C1C. The summed E-state index contributed by atoms with van der Waals surface area (Å²) in [6, 6.07) is 1.26. The van der Waals surface area contributed by atoms with E-state index >= 15 is 0 Å². The van der Waals surface area contributed by atoms with Crippen LogP contribution in [0.3, 0.4) is 0 Å². The lowest BCUT2D eigenvalue weighted by atomic mass is 10.1. The van der Waals surface area contributed by atoms with Crippen molar-refractivity contribution in [1.29, 1.82) is 0 Å². The highest BCUT2D eigenvalue weighted by Gasteiger charge is 2.29. The number of sulfonamides is 1. The van der Waals surface area contributed by atoms with E-state index in [0.29, 0.717) is 13.1 Å². The minimum Gasteiger partial charge on any atom is -0.364 e. The average molecular weight is 343 g/mol. The van der Waals surface area contributed by atoms with E-state index in [9.17, 15) is 18.0 Å². The first-order valence-corrected chi connectivity index (χ1v) is 8.71. The van der Waals surface area contributed by atoms with Crippen molar-refractivity contribution >= 4 is 21.8 Å². The molecule has 1 fully saturated rings. The number of amides is 2. The van der Waals surface area contributed by atoms with E-state index in [2.05, 4.69) is 15.0 Å². The van der Waals surface area contributed by atoms with Crippen molar-refractivity contribution in [1.82, 2.24) is 19.9 Å². The number of carbonyl (C=O) groups excluding carboxylic acids is 2. The lowest BCUT2D eigenvalue weighted by Crippen LogP contribution is -2.58. The van der Waals surface area contributed by atoms with Gasteiger partial charge < -0.3 is 20.9 Å². The summed E-state index contributed by atoms with van der Waals surface area (Å²) in [7, 11) is -3.89. The fourth-order valence-electron chi connectivity index (χ4n) is 2.42. The van der Waals surface area contributed by atoms with E-state index in [-0.39, 0.29) is 35.1 Å². The first-order chi connectivity index (χ1) is 10.7. The number of aromatic amines is 1. The Kier molecular flexibility index (Phi) is 5.07. The Hall–Kier alpha value is -1.91. The standard InChI is InChI=1S/C13H21N5O4S/c1-8-9(2)18(4-3-15-8)12(19)7-17-23(21,22)10-5-11(13(14)20)16-6-10/h5-6,8-9,15-17H,3-4,7H2,1-2H3,(H2,14,20). The number of hydrogen-bond donors (Lipinski definition) is 4. The zero-order chi connectivity index (χ0) is 17.2. The molecule has 1 aliphatic rings. The molecule has 0 spiro atoms. The summed E-state index contributed by atoms with van der Waals surface area (Å²) in [4.78, 5) is 27.2. The quantitative estimate of drug-likeness (QED) is 0.521. The number of nitrogens with two attached hydrogens (primary N) is 1. The summed E-state index contributed by atoms with van der Waals surface area (Å²) in [6.07, 6.45) is 1.16. The average Bonchev–Trinajstić information content (AvgIpc) is 2.99. The Balaban J connectivity index is 2.01. The van der Waals surface area contributed by atoms with Crippen molar-refractivity contribution in [2.45, 2.75) is 30.8 Å². The fourth-order valence-corrected chi connectivity index (χ4v) is 3.39. The van der Waals surface area contributed by atoms with Crippen molar-refractivity contribution < 1.29 is 18.0 Å². The van der Waals surface area contributed by atoms with Crippen LogP contribution in [0.2, 0.25) is 0 Å². The number of primary amides is 1. The Morgan fingerprint density at radius 2 is 2.13 bits per heavy atom. The Bertz CT molecular complexity index is 699. The molecule has 0 radical (unpaired) electrons. The zero-order valence-electron chi connectivity index (χ0n) is 13.0. The zero-order valence-corrected chi connectivity index (χ0v) is 13.8. The number of rotatable bonds is 5. The van der Waals surface area contributed by atoms with Crippen LogP contribution in [0.25, 0.3) is 0 Å². The largest absolute Gasteiger partial charge is 0.364 e. The molecule has 2 amide bonds. The second-order valence-corrected chi connectivity index (χ2v) is 7.28. The Labute approximate surface area is 134 Å². The smallest absolute Gasteiger partial charge is 0.265 e. The number of hydrogen-bond acceptors (Lipinski definition) is 5. The number of nitrogens with one attached hydrogen (secondary N) is 3. The second-order valence-electron chi connectivity index (χ2n) is 5.51. The molecule has 1 aromatic rings. The summed E-state index contributed by atoms with van der Waals surface area (Å²) in [5.41, 5.74) is 5.05. The summed E-state index contributed by atoms with van der Waals surface area (Å²) in [6.45, 7) is 4.75. The highest BCUT2D eigenvalue weighted by atomic mass is 32.2. The van der Waals surface area contributed by atoms with Gasteiger partial charge in [-0.2, -0.15) is 0 Å². The van der Waals surface area contributed by atoms with Crippen molar-refractivity contribution in [3.05, 3.63) is 18.0 Å². The molecule has 1 aromatic heterocycles. The molecule has 1 aliphatic heterocycles. The van der Waals surface area contributed by atoms with Crippen LogP contribution in [-0.4, -0.2) is 61.8 Å². The fraction of sp³-hybridized carbons (Fsp3) is 0.538. The lowest BCUT2D eigenvalue weighted by Gasteiger charge is -2.38. The molecule has 1 saturated heterocycles. The second kappa shape index (κ2) is 6.69. The van der Waals surface area contributed by atoms with E-state index in [0.717, 1.165) is 12.3 Å². The number of carbonyl (C=O) groups is 2. The van der Waals surface area contributed by atoms with Crippen LogP contribution in [0.4, 0.5) is 0 Å². The van der Waals surface area contributed by atoms with Crippen LogP contribution in [0.5, 0.6) is 0 Å². The van der Waals surface area contributed by atoms with Crippen molar-refractivity contribution in [2.24, 2.45) is 5.73 Å². The molecule has 2 unspecified atom stereocenters. The van der Waals surface area contributed by atoms with Gasteiger partial charge in [0.05, 0.1) is 6.54 Å². The topological polar surface area (TPSA) is 137 Å². The summed E-state index contributed by atoms with van der Waals surface area (Å²) >= 11 is 0. The van der Waals surface area contributed by atoms with Gasteiger partial charge in [0, 0.05) is 31.4 Å². The molecule has 0 aromatic carbocycles. The minimum atomic E-state index is -3.89. The van der Waals surface area contributed by atoms with Gasteiger partial charge in [-0.3, -0.25) is 9.59 Å². The molecule has 2 heterocycles. The maximum Gasteiger partial charge on any atom is 0.265 e. The van der Waals surface area contributed by atoms with Crippen molar-refractivity contribution in [3.8, 4) is 0 Å². The van der Waals surface area contributed by atoms with Gasteiger partial charge in [0.15, 0.2) is 0 Å². The monoisotopic (exact) mass is 343 g/mol. The van der Waals surface area contributed by atoms with Gasteiger partial charge in [-0.1, -0.05) is 0 Å². The number of aromatic nitrogens is 1. The molecule has 23 heavy (non-hydrogen) atoms. The van der Waals surface area contributed by atoms with Crippen LogP contribution in [0.15, 0.2) is 17.2 Å². The molecule has 0 bridgehead atoms. The molecule has 0 aliphatic carbocycles. The van der Waals surface area contributed by atoms with Crippen LogP contribution in [-0.2, 0) is 14.8 Å². The van der Waals surface area contributed by atoms with Crippen molar-refractivity contribution in [3.63, 3.8) is 0 Å². The van der Waals surface area contributed by atoms with Crippen LogP contribution >= 0.6 is 0 Å². The molecule has 9 nitrogen and oxygen atoms in total. The molecule has 2 rings (SSSR count). The Morgan fingerprint density at radius 1 is 1.43 bits per heavy atom. The number of H-pyrrole nitrogens is 1. The third-order valence-electron chi connectivity index (χ3n) is 4.00. The first-order valence-electron chi connectivity index (χ1n) is 7.23. The normalized spacial score (nSPS) is 22.1. The highest BCUT2D eigenvalue weighted by molar-refractivity contribution is 7.89. The van der Waals surface area contributed by atoms with Crippen LogP contribution in [0, 0.1) is 0 Å². The predicted molar refractivity (Wildman–Crippen MR) is 83.1 cm³/mol. The van der Waals surface area contributed by atoms with E-state index < -0.39 is 15.9 Å². The summed E-state index contributed by atoms with van der Waals surface area (Å²) in [5, 5.41) is 3.25. The van der Waals surface area contributed by atoms with Crippen LogP contribution < -0.4 is 15.8 Å². The molecule has 0 saturated carbocycles. The van der Waals surface area contributed by atoms with Crippen LogP contribution in [0.1, 0.15) is 24.3 Å². The summed E-state index contributed by atoms with van der Waals surface area (Å²) < 4.78 is 26.5. The van der Waals surface area contributed by atoms with Crippen molar-refractivity contribution in [2.75, 3.05) is 19.6 Å². The molecular weight excluding hydrogens is 322 g/mol. The maximum absolute atomic E-state index is 12.2. The molecule has 128 valence electrons. The van der Waals surface area contributed by atoms with Gasteiger partial charge in [0.1, 0.15) is 10.6 Å². The van der Waals surface area contributed by atoms with E-state index in [4.69, 9.17) is 5.73 Å². The highest BCUT2D eigenvalue weighted by Crippen LogP contribution is 2.11. The summed E-state index contributed by atoms with van der Waals surface area (Å²) in [5.74, 6) is -1.05. The number of nitrogens with zero attached hydrogens (tertiary/aromatic N) is 1. The third-order valence-corrected chi connectivity index (χ3v) is 5.38. The number of piperazine rings is 1. The van der Waals surface area contributed by atoms with Gasteiger partial charge in [0.2, 0.25) is 15.9 Å². The molecule has 2 atom stereocenters. The minimum absolute atomic E-state index is 0.0127. The van der Waals surface area contributed by atoms with E-state index in [1.54, 1.807) is 4.90 Å². The molecular formula is C13H21N5O4S. The van der Waals surface area contributed by atoms with E-state index in [1.807, 2.05) is 13.8 Å². The van der Waals surface area contributed by atoms with E-state index in [1.165, 1.54) is 0 Å². The van der Waals surface area contributed by atoms with Gasteiger partial charge in [-0.15, -0.1) is 0 Å². The maximum atomic E-state index is 12.2. The molecule has 10 heteroatoms. The molecule has 5 N–H and O–H groups in total. The lowest BCUT2D eigenvalue weighted by molar-refractivity contribution is -0.133. The third kappa shape index (κ3) is 3.89. The van der Waals surface area contributed by atoms with Gasteiger partial charge in [-0.25, -0.2) is 13.1 Å².